The quantitative estimate of drug-likeness (QED) is 0.177. The van der Waals surface area contributed by atoms with E-state index in [0.717, 1.165) is 11.1 Å². The molecule has 260 valence electrons. The first-order valence-electron chi connectivity index (χ1n) is 16.4. The monoisotopic (exact) mass is 676 g/mol. The standard InChI is InChI=1S/C20H21NO4.C20H19NO3.CH4/c22-12-6-9-16-13-19(23)17-10-4-5-11-18(17)21(16)20(24)25-14-15-7-2-1-3-8-15;1-2-8-16-13-19(22)17-11-6-7-12-18(17)21(16)20(23)24-14-15-9-4-3-5-10-15;/h1-5,7-8,10-11,16,22H,6,9,12-14H2;2-7,9-12,16H,1,8,13-14H2;1H4. The molecule has 2 heterocycles. The van der Waals surface area contributed by atoms with E-state index in [9.17, 15) is 19.2 Å². The Balaban J connectivity index is 0.000000220. The van der Waals surface area contributed by atoms with E-state index in [0.29, 0.717) is 41.8 Å². The van der Waals surface area contributed by atoms with E-state index in [1.807, 2.05) is 66.7 Å². The molecule has 4 aromatic rings. The molecular formula is C41H44N2O7. The Bertz CT molecular complexity index is 1760. The van der Waals surface area contributed by atoms with Gasteiger partial charge in [-0.25, -0.2) is 9.59 Å². The van der Waals surface area contributed by atoms with Crippen LogP contribution in [0.3, 0.4) is 0 Å². The lowest BCUT2D eigenvalue weighted by Crippen LogP contribution is -2.45. The molecule has 0 fully saturated rings. The van der Waals surface area contributed by atoms with Crippen LogP contribution in [-0.2, 0) is 22.7 Å². The molecule has 0 aliphatic carbocycles. The Hall–Kier alpha value is -5.54. The molecule has 6 rings (SSSR count). The third-order valence-electron chi connectivity index (χ3n) is 8.44. The second-order valence-electron chi connectivity index (χ2n) is 11.8. The fraction of sp³-hybridized carbons (Fsp3) is 0.268. The zero-order valence-corrected chi connectivity index (χ0v) is 27.3. The van der Waals surface area contributed by atoms with Crippen molar-refractivity contribution < 1.29 is 33.8 Å². The second-order valence-corrected chi connectivity index (χ2v) is 11.8. The summed E-state index contributed by atoms with van der Waals surface area (Å²) in [7, 11) is 0. The minimum atomic E-state index is -0.466. The van der Waals surface area contributed by atoms with Gasteiger partial charge in [0, 0.05) is 36.6 Å². The summed E-state index contributed by atoms with van der Waals surface area (Å²) in [6.07, 6.45) is 2.97. The minimum absolute atomic E-state index is 0. The van der Waals surface area contributed by atoms with Gasteiger partial charge < -0.3 is 14.6 Å². The van der Waals surface area contributed by atoms with E-state index < -0.39 is 12.2 Å². The van der Waals surface area contributed by atoms with Crippen LogP contribution < -0.4 is 9.80 Å². The van der Waals surface area contributed by atoms with Crippen LogP contribution in [0.15, 0.2) is 122 Å². The van der Waals surface area contributed by atoms with Gasteiger partial charge in [-0.1, -0.05) is 98.4 Å². The molecule has 0 saturated carbocycles. The molecule has 0 bridgehead atoms. The molecule has 0 saturated heterocycles. The van der Waals surface area contributed by atoms with Crippen molar-refractivity contribution in [3.05, 3.63) is 144 Å². The number of aliphatic hydroxyl groups excluding tert-OH is 1. The van der Waals surface area contributed by atoms with Gasteiger partial charge in [0.25, 0.3) is 0 Å². The van der Waals surface area contributed by atoms with Gasteiger partial charge in [0.15, 0.2) is 11.6 Å². The second kappa shape index (κ2) is 18.3. The number of Topliss-reactive ketones (excluding diaryl/α,β-unsaturated/α-hetero) is 2. The summed E-state index contributed by atoms with van der Waals surface area (Å²) in [4.78, 5) is 53.2. The molecule has 2 amide bonds. The van der Waals surface area contributed by atoms with Gasteiger partial charge in [0.05, 0.1) is 17.4 Å². The third-order valence-corrected chi connectivity index (χ3v) is 8.44. The molecule has 0 radical (unpaired) electrons. The Morgan fingerprint density at radius 1 is 0.680 bits per heavy atom. The maximum atomic E-state index is 12.7. The highest BCUT2D eigenvalue weighted by Crippen LogP contribution is 2.34. The lowest BCUT2D eigenvalue weighted by Gasteiger charge is -2.35. The van der Waals surface area contributed by atoms with E-state index in [4.69, 9.17) is 14.6 Å². The molecule has 0 spiro atoms. The number of nitrogens with zero attached hydrogens (tertiary/aromatic N) is 2. The van der Waals surface area contributed by atoms with Crippen molar-refractivity contribution in [1.29, 1.82) is 0 Å². The fourth-order valence-corrected chi connectivity index (χ4v) is 6.07. The number of ketones is 2. The summed E-state index contributed by atoms with van der Waals surface area (Å²) in [6.45, 7) is 4.14. The number of anilines is 2. The summed E-state index contributed by atoms with van der Waals surface area (Å²) in [5.74, 6) is 0.0650. The normalized spacial score (nSPS) is 16.1. The first-order valence-corrected chi connectivity index (χ1v) is 16.4. The Morgan fingerprint density at radius 2 is 1.10 bits per heavy atom. The topological polar surface area (TPSA) is 113 Å². The van der Waals surface area contributed by atoms with Gasteiger partial charge in [-0.3, -0.25) is 19.4 Å². The number of para-hydroxylation sites is 2. The molecule has 0 aromatic heterocycles. The highest BCUT2D eigenvalue weighted by Gasteiger charge is 2.36. The Labute approximate surface area is 293 Å². The number of carbonyl (C=O) groups is 4. The number of ether oxygens (including phenoxy) is 2. The average Bonchev–Trinajstić information content (AvgIpc) is 3.13. The van der Waals surface area contributed by atoms with E-state index in [2.05, 4.69) is 6.58 Å². The van der Waals surface area contributed by atoms with Crippen molar-refractivity contribution >= 4 is 35.1 Å². The van der Waals surface area contributed by atoms with Crippen molar-refractivity contribution in [2.75, 3.05) is 16.4 Å². The van der Waals surface area contributed by atoms with Crippen LogP contribution in [0, 0.1) is 0 Å². The minimum Gasteiger partial charge on any atom is -0.444 e. The largest absolute Gasteiger partial charge is 0.444 e. The van der Waals surface area contributed by atoms with Crippen LogP contribution in [0.2, 0.25) is 0 Å². The van der Waals surface area contributed by atoms with Crippen LogP contribution in [-0.4, -0.2) is 47.6 Å². The van der Waals surface area contributed by atoms with Crippen LogP contribution in [0.5, 0.6) is 0 Å². The zero-order chi connectivity index (χ0) is 34.6. The van der Waals surface area contributed by atoms with Gasteiger partial charge in [-0.2, -0.15) is 0 Å². The van der Waals surface area contributed by atoms with Gasteiger partial charge in [-0.15, -0.1) is 6.58 Å². The van der Waals surface area contributed by atoms with Crippen LogP contribution >= 0.6 is 0 Å². The smallest absolute Gasteiger partial charge is 0.414 e. The maximum Gasteiger partial charge on any atom is 0.414 e. The predicted octanol–water partition coefficient (Wildman–Crippen LogP) is 8.55. The summed E-state index contributed by atoms with van der Waals surface area (Å²) in [6, 6.07) is 32.7. The van der Waals surface area contributed by atoms with E-state index in [-0.39, 0.29) is 63.7 Å². The first kappa shape index (κ1) is 37.3. The molecule has 9 heteroatoms. The Morgan fingerprint density at radius 3 is 1.56 bits per heavy atom. The third kappa shape index (κ3) is 9.12. The van der Waals surface area contributed by atoms with Crippen LogP contribution in [0.25, 0.3) is 0 Å². The number of aliphatic hydroxyl groups is 1. The van der Waals surface area contributed by atoms with E-state index in [1.54, 1.807) is 58.3 Å². The van der Waals surface area contributed by atoms with E-state index >= 15 is 0 Å². The fourth-order valence-electron chi connectivity index (χ4n) is 6.07. The van der Waals surface area contributed by atoms with Crippen molar-refractivity contribution in [1.82, 2.24) is 0 Å². The van der Waals surface area contributed by atoms with Crippen molar-refractivity contribution in [3.8, 4) is 0 Å². The molecule has 1 N–H and O–H groups in total. The first-order chi connectivity index (χ1) is 23.9. The number of fused-ring (bicyclic) bond motifs is 2. The number of hydrogen-bond acceptors (Lipinski definition) is 7. The summed E-state index contributed by atoms with van der Waals surface area (Å²) < 4.78 is 11.0. The van der Waals surface area contributed by atoms with Gasteiger partial charge >= 0.3 is 12.2 Å². The van der Waals surface area contributed by atoms with Crippen LogP contribution in [0.4, 0.5) is 21.0 Å². The summed E-state index contributed by atoms with van der Waals surface area (Å²) in [5, 5.41) is 9.12. The van der Waals surface area contributed by atoms with Crippen LogP contribution in [0.1, 0.15) is 71.4 Å². The predicted molar refractivity (Wildman–Crippen MR) is 194 cm³/mol. The highest BCUT2D eigenvalue weighted by atomic mass is 16.6. The highest BCUT2D eigenvalue weighted by molar-refractivity contribution is 6.09. The number of benzene rings is 4. The Kier molecular flexibility index (Phi) is 13.6. The number of amides is 2. The molecular weight excluding hydrogens is 632 g/mol. The number of rotatable bonds is 9. The zero-order valence-electron chi connectivity index (χ0n) is 27.3. The van der Waals surface area contributed by atoms with Gasteiger partial charge in [-0.05, 0) is 54.7 Å². The van der Waals surface area contributed by atoms with Crippen molar-refractivity contribution in [2.45, 2.75) is 64.8 Å². The number of carbonyl (C=O) groups excluding carboxylic acids is 4. The van der Waals surface area contributed by atoms with E-state index in [1.165, 1.54) is 0 Å². The lowest BCUT2D eigenvalue weighted by molar-refractivity contribution is 0.0949. The molecule has 2 unspecified atom stereocenters. The molecule has 9 nitrogen and oxygen atoms in total. The number of hydrogen-bond donors (Lipinski definition) is 1. The molecule has 2 atom stereocenters. The van der Waals surface area contributed by atoms with Gasteiger partial charge in [0.2, 0.25) is 0 Å². The molecule has 2 aliphatic rings. The summed E-state index contributed by atoms with van der Waals surface area (Å²) >= 11 is 0. The molecule has 2 aliphatic heterocycles. The lowest BCUT2D eigenvalue weighted by atomic mass is 9.92. The van der Waals surface area contributed by atoms with Crippen molar-refractivity contribution in [3.63, 3.8) is 0 Å². The average molecular weight is 677 g/mol. The van der Waals surface area contributed by atoms with Crippen molar-refractivity contribution in [2.24, 2.45) is 0 Å². The molecule has 4 aromatic carbocycles. The van der Waals surface area contributed by atoms with Gasteiger partial charge in [0.1, 0.15) is 13.2 Å². The molecule has 50 heavy (non-hydrogen) atoms. The maximum absolute atomic E-state index is 12.7. The SMILES string of the molecule is C.C=CCC1CC(=O)c2ccccc2N1C(=O)OCc1ccccc1.O=C1CC(CCCO)N(C(=O)OCc2ccccc2)c2ccccc21. The summed E-state index contributed by atoms with van der Waals surface area (Å²) in [5.41, 5.74) is 4.13.